The number of H-pyrrole nitrogens is 1. The molecule has 1 aliphatic rings. The molecule has 0 spiro atoms. The van der Waals surface area contributed by atoms with Crippen LogP contribution in [0.15, 0.2) is 60.9 Å². The number of anilines is 3. The Morgan fingerprint density at radius 3 is 2.90 bits per heavy atom. The second-order valence-corrected chi connectivity index (χ2v) is 7.79. The highest BCUT2D eigenvalue weighted by molar-refractivity contribution is 6.32. The Balaban J connectivity index is 1.40. The fourth-order valence-corrected chi connectivity index (χ4v) is 3.91. The Labute approximate surface area is 179 Å². The lowest BCUT2D eigenvalue weighted by Gasteiger charge is -2.25. The average Bonchev–Trinajstić information content (AvgIpc) is 3.10. The molecule has 0 aliphatic carbocycles. The summed E-state index contributed by atoms with van der Waals surface area (Å²) in [5.41, 5.74) is 3.15. The molecule has 7 nitrogen and oxygen atoms in total. The molecule has 8 heteroatoms. The molecule has 0 radical (unpaired) electrons. The van der Waals surface area contributed by atoms with Crippen LogP contribution in [0.4, 0.5) is 17.5 Å². The van der Waals surface area contributed by atoms with E-state index >= 15 is 0 Å². The van der Waals surface area contributed by atoms with E-state index in [9.17, 15) is 0 Å². The Morgan fingerprint density at radius 2 is 2.00 bits per heavy atom. The summed E-state index contributed by atoms with van der Waals surface area (Å²) in [5.74, 6) is 1.27. The minimum atomic E-state index is 0.230. The lowest BCUT2D eigenvalue weighted by molar-refractivity contribution is 0.568. The van der Waals surface area contributed by atoms with Crippen molar-refractivity contribution in [3.63, 3.8) is 0 Å². The van der Waals surface area contributed by atoms with Crippen LogP contribution in [0, 0.1) is 0 Å². The lowest BCUT2D eigenvalue weighted by atomic mass is 10.1. The number of aromatic nitrogens is 4. The number of nitrogens with one attached hydrogen (secondary N) is 3. The highest BCUT2D eigenvalue weighted by atomic mass is 35.5. The number of benzene rings is 2. The lowest BCUT2D eigenvalue weighted by Crippen LogP contribution is -2.32. The topological polar surface area (TPSA) is 81.8 Å². The summed E-state index contributed by atoms with van der Waals surface area (Å²) in [7, 11) is 0. The zero-order valence-corrected chi connectivity index (χ0v) is 17.1. The molecule has 0 saturated carbocycles. The van der Waals surface area contributed by atoms with Gasteiger partial charge in [-0.25, -0.2) is 4.98 Å². The molecule has 1 atom stereocenters. The van der Waals surface area contributed by atoms with E-state index < -0.39 is 0 Å². The zero-order chi connectivity index (χ0) is 20.3. The van der Waals surface area contributed by atoms with E-state index in [4.69, 9.17) is 16.6 Å². The van der Waals surface area contributed by atoms with Gasteiger partial charge in [-0.1, -0.05) is 41.9 Å². The molecule has 1 aliphatic heterocycles. The van der Waals surface area contributed by atoms with Gasteiger partial charge in [-0.05, 0) is 36.7 Å². The number of hydrogen-bond donors (Lipinski definition) is 3. The molecule has 3 heterocycles. The van der Waals surface area contributed by atoms with Gasteiger partial charge in [0, 0.05) is 30.2 Å². The summed E-state index contributed by atoms with van der Waals surface area (Å²) in [4.78, 5) is 11.5. The van der Waals surface area contributed by atoms with Gasteiger partial charge < -0.3 is 15.5 Å². The Bertz CT molecular complexity index is 1140. The Hall–Kier alpha value is -3.16. The van der Waals surface area contributed by atoms with E-state index in [2.05, 4.69) is 55.0 Å². The van der Waals surface area contributed by atoms with E-state index in [1.807, 2.05) is 24.3 Å². The minimum Gasteiger partial charge on any atom is -0.339 e. The van der Waals surface area contributed by atoms with Crippen molar-refractivity contribution in [1.82, 2.24) is 25.5 Å². The van der Waals surface area contributed by atoms with Crippen LogP contribution >= 0.6 is 11.6 Å². The maximum atomic E-state index is 6.40. The average molecular weight is 420 g/mol. The van der Waals surface area contributed by atoms with E-state index in [-0.39, 0.29) is 6.04 Å². The Kier molecular flexibility index (Phi) is 5.21. The molecule has 1 saturated heterocycles. The van der Waals surface area contributed by atoms with Gasteiger partial charge in [-0.15, -0.1) is 0 Å². The van der Waals surface area contributed by atoms with Crippen LogP contribution in [-0.4, -0.2) is 39.8 Å². The van der Waals surface area contributed by atoms with Crippen molar-refractivity contribution in [3.05, 3.63) is 71.5 Å². The van der Waals surface area contributed by atoms with E-state index in [0.29, 0.717) is 16.8 Å². The SMILES string of the molecule is Clc1cnc(N2CCCNC(c3ccccc3)C2)nc1Nc1ccc2[nH]ncc2c1. The van der Waals surface area contributed by atoms with Gasteiger partial charge in [0.25, 0.3) is 0 Å². The van der Waals surface area contributed by atoms with Gasteiger partial charge in [0.15, 0.2) is 5.82 Å². The number of rotatable bonds is 4. The molecular formula is C22H22ClN7. The summed E-state index contributed by atoms with van der Waals surface area (Å²) in [6.45, 7) is 2.64. The zero-order valence-electron chi connectivity index (χ0n) is 16.3. The molecule has 1 fully saturated rings. The van der Waals surface area contributed by atoms with E-state index in [1.165, 1.54) is 5.56 Å². The highest BCUT2D eigenvalue weighted by Crippen LogP contribution is 2.28. The van der Waals surface area contributed by atoms with Gasteiger partial charge in [0.2, 0.25) is 5.95 Å². The molecular weight excluding hydrogens is 398 g/mol. The minimum absolute atomic E-state index is 0.230. The summed E-state index contributed by atoms with van der Waals surface area (Å²) in [6.07, 6.45) is 4.48. The van der Waals surface area contributed by atoms with Crippen LogP contribution in [0.2, 0.25) is 5.02 Å². The molecule has 3 N–H and O–H groups in total. The van der Waals surface area contributed by atoms with E-state index in [1.54, 1.807) is 12.4 Å². The van der Waals surface area contributed by atoms with Gasteiger partial charge in [0.05, 0.1) is 17.9 Å². The maximum Gasteiger partial charge on any atom is 0.227 e. The number of fused-ring (bicyclic) bond motifs is 1. The van der Waals surface area contributed by atoms with Crippen molar-refractivity contribution in [2.75, 3.05) is 29.9 Å². The van der Waals surface area contributed by atoms with Gasteiger partial charge in [-0.3, -0.25) is 5.10 Å². The second kappa shape index (κ2) is 8.30. The summed E-state index contributed by atoms with van der Waals surface area (Å²) in [5, 5.41) is 15.5. The fourth-order valence-electron chi connectivity index (χ4n) is 3.77. The first-order chi connectivity index (χ1) is 14.8. The maximum absolute atomic E-state index is 6.40. The molecule has 2 aromatic carbocycles. The van der Waals surface area contributed by atoms with Gasteiger partial charge in [0.1, 0.15) is 5.02 Å². The van der Waals surface area contributed by atoms with Crippen LogP contribution in [0.3, 0.4) is 0 Å². The number of nitrogens with zero attached hydrogens (tertiary/aromatic N) is 4. The molecule has 1 unspecified atom stereocenters. The molecule has 0 amide bonds. The molecule has 5 rings (SSSR count). The van der Waals surface area contributed by atoms with Crippen LogP contribution in [-0.2, 0) is 0 Å². The first-order valence-electron chi connectivity index (χ1n) is 10.0. The third-order valence-electron chi connectivity index (χ3n) is 5.32. The van der Waals surface area contributed by atoms with Crippen molar-refractivity contribution in [2.45, 2.75) is 12.5 Å². The monoisotopic (exact) mass is 419 g/mol. The normalized spacial score (nSPS) is 17.1. The van der Waals surface area contributed by atoms with Crippen molar-refractivity contribution in [3.8, 4) is 0 Å². The van der Waals surface area contributed by atoms with Crippen LogP contribution in [0.25, 0.3) is 10.9 Å². The van der Waals surface area contributed by atoms with Crippen LogP contribution in [0.5, 0.6) is 0 Å². The predicted molar refractivity (Wildman–Crippen MR) is 120 cm³/mol. The standard InChI is InChI=1S/C22H22ClN7/c23-18-13-25-22(28-21(18)27-17-7-8-19-16(11-17)12-26-29-19)30-10-4-9-24-20(14-30)15-5-2-1-3-6-15/h1-3,5-8,11-13,20,24H,4,9-10,14H2,(H,26,29)(H,25,27,28). The van der Waals surface area contributed by atoms with Crippen LogP contribution in [0.1, 0.15) is 18.0 Å². The van der Waals surface area contributed by atoms with Gasteiger partial charge in [-0.2, -0.15) is 10.1 Å². The van der Waals surface area contributed by atoms with Gasteiger partial charge >= 0.3 is 0 Å². The fraction of sp³-hybridized carbons (Fsp3) is 0.227. The quantitative estimate of drug-likeness (QED) is 0.457. The molecule has 2 aromatic heterocycles. The molecule has 152 valence electrons. The second-order valence-electron chi connectivity index (χ2n) is 7.38. The number of halogens is 1. The van der Waals surface area contributed by atoms with Crippen molar-refractivity contribution >= 4 is 40.0 Å². The number of aromatic amines is 1. The molecule has 0 bridgehead atoms. The first kappa shape index (κ1) is 18.8. The van der Waals surface area contributed by atoms with Crippen molar-refractivity contribution in [2.24, 2.45) is 0 Å². The van der Waals surface area contributed by atoms with Crippen molar-refractivity contribution in [1.29, 1.82) is 0 Å². The molecule has 4 aromatic rings. The highest BCUT2D eigenvalue weighted by Gasteiger charge is 2.21. The third kappa shape index (κ3) is 3.94. The summed E-state index contributed by atoms with van der Waals surface area (Å²) < 4.78 is 0. The van der Waals surface area contributed by atoms with Crippen LogP contribution < -0.4 is 15.5 Å². The third-order valence-corrected chi connectivity index (χ3v) is 5.59. The molecule has 30 heavy (non-hydrogen) atoms. The van der Waals surface area contributed by atoms with Crippen molar-refractivity contribution < 1.29 is 0 Å². The largest absolute Gasteiger partial charge is 0.339 e. The summed E-state index contributed by atoms with van der Waals surface area (Å²) in [6, 6.07) is 16.7. The predicted octanol–water partition coefficient (Wildman–Crippen LogP) is 4.29. The van der Waals surface area contributed by atoms with E-state index in [0.717, 1.165) is 42.6 Å². The number of hydrogen-bond acceptors (Lipinski definition) is 6. The summed E-state index contributed by atoms with van der Waals surface area (Å²) >= 11 is 6.40. The Morgan fingerprint density at radius 1 is 1.10 bits per heavy atom. The smallest absolute Gasteiger partial charge is 0.227 e. The first-order valence-corrected chi connectivity index (χ1v) is 10.4.